The van der Waals surface area contributed by atoms with E-state index in [2.05, 4.69) is 5.32 Å². The topological polar surface area (TPSA) is 94.1 Å². The molecule has 7 nitrogen and oxygen atoms in total. The fourth-order valence-corrected chi connectivity index (χ4v) is 1.96. The Bertz CT molecular complexity index is 617. The molecule has 2 rings (SSSR count). The van der Waals surface area contributed by atoms with Gasteiger partial charge in [0, 0.05) is 0 Å². The number of ether oxygens (including phenoxy) is 3. The van der Waals surface area contributed by atoms with Crippen molar-refractivity contribution in [2.75, 3.05) is 13.2 Å². The summed E-state index contributed by atoms with van der Waals surface area (Å²) in [5.41, 5.74) is 1.68. The molecule has 0 saturated heterocycles. The highest BCUT2D eigenvalue weighted by Crippen LogP contribution is 2.02. The van der Waals surface area contributed by atoms with Crippen molar-refractivity contribution in [1.29, 1.82) is 0 Å². The molecule has 1 amide bonds. The SMILES string of the molecule is O=C(NCC(O)COC(=O)OCc1ccccc1)OCc1ccccc1. The molecule has 0 aliphatic carbocycles. The average molecular weight is 359 g/mol. The van der Waals surface area contributed by atoms with Crippen LogP contribution in [0.4, 0.5) is 9.59 Å². The molecule has 1 atom stereocenters. The highest BCUT2D eigenvalue weighted by atomic mass is 16.7. The minimum absolute atomic E-state index is 0.0832. The number of benzene rings is 2. The first-order chi connectivity index (χ1) is 12.6. The molecule has 138 valence electrons. The summed E-state index contributed by atoms with van der Waals surface area (Å²) in [5, 5.41) is 12.1. The Labute approximate surface area is 151 Å². The van der Waals surface area contributed by atoms with E-state index in [-0.39, 0.29) is 26.4 Å². The second-order valence-corrected chi connectivity index (χ2v) is 5.43. The fraction of sp³-hybridized carbons (Fsp3) is 0.263. The maximum atomic E-state index is 11.5. The second-order valence-electron chi connectivity index (χ2n) is 5.43. The number of amides is 1. The molecule has 0 aromatic heterocycles. The first-order valence-electron chi connectivity index (χ1n) is 8.09. The van der Waals surface area contributed by atoms with Gasteiger partial charge in [-0.15, -0.1) is 0 Å². The van der Waals surface area contributed by atoms with Crippen LogP contribution in [0.2, 0.25) is 0 Å². The van der Waals surface area contributed by atoms with Gasteiger partial charge in [-0.1, -0.05) is 60.7 Å². The highest BCUT2D eigenvalue weighted by molar-refractivity contribution is 5.67. The van der Waals surface area contributed by atoms with Crippen LogP contribution in [-0.2, 0) is 27.4 Å². The molecule has 0 spiro atoms. The Morgan fingerprint density at radius 2 is 1.38 bits per heavy atom. The number of aliphatic hydroxyl groups is 1. The average Bonchev–Trinajstić information content (AvgIpc) is 2.69. The smallest absolute Gasteiger partial charge is 0.445 e. The number of hydrogen-bond acceptors (Lipinski definition) is 6. The normalized spacial score (nSPS) is 11.3. The fourth-order valence-electron chi connectivity index (χ4n) is 1.96. The first kappa shape index (κ1) is 19.3. The molecule has 1 unspecified atom stereocenters. The summed E-state index contributed by atoms with van der Waals surface area (Å²) in [7, 11) is 0. The van der Waals surface area contributed by atoms with Crippen LogP contribution < -0.4 is 5.32 Å². The first-order valence-corrected chi connectivity index (χ1v) is 8.09. The van der Waals surface area contributed by atoms with Crippen molar-refractivity contribution in [2.24, 2.45) is 0 Å². The zero-order valence-electron chi connectivity index (χ0n) is 14.2. The molecule has 0 bridgehead atoms. The van der Waals surface area contributed by atoms with Crippen molar-refractivity contribution in [3.05, 3.63) is 71.8 Å². The van der Waals surface area contributed by atoms with Crippen LogP contribution in [0.5, 0.6) is 0 Å². The lowest BCUT2D eigenvalue weighted by molar-refractivity contribution is 0.0155. The molecular formula is C19H21NO6. The molecule has 0 radical (unpaired) electrons. The minimum atomic E-state index is -1.07. The van der Waals surface area contributed by atoms with Crippen LogP contribution in [0.25, 0.3) is 0 Å². The molecule has 0 heterocycles. The van der Waals surface area contributed by atoms with Gasteiger partial charge < -0.3 is 24.6 Å². The Morgan fingerprint density at radius 1 is 0.846 bits per heavy atom. The van der Waals surface area contributed by atoms with Crippen molar-refractivity contribution in [2.45, 2.75) is 19.3 Å². The van der Waals surface area contributed by atoms with Gasteiger partial charge in [-0.2, -0.15) is 0 Å². The third-order valence-electron chi connectivity index (χ3n) is 3.29. The lowest BCUT2D eigenvalue weighted by atomic mass is 10.2. The predicted octanol–water partition coefficient (Wildman–Crippen LogP) is 2.63. The lowest BCUT2D eigenvalue weighted by Gasteiger charge is -2.12. The molecule has 2 N–H and O–H groups in total. The van der Waals surface area contributed by atoms with Crippen LogP contribution in [0.15, 0.2) is 60.7 Å². The molecule has 0 fully saturated rings. The molecule has 2 aromatic carbocycles. The quantitative estimate of drug-likeness (QED) is 0.704. The zero-order valence-corrected chi connectivity index (χ0v) is 14.2. The Kier molecular flexibility index (Phi) is 7.95. The second kappa shape index (κ2) is 10.7. The number of carbonyl (C=O) groups is 2. The van der Waals surface area contributed by atoms with Gasteiger partial charge >= 0.3 is 12.2 Å². The number of nitrogens with one attached hydrogen (secondary N) is 1. The molecule has 0 aliphatic heterocycles. The minimum Gasteiger partial charge on any atom is -0.445 e. The molecular weight excluding hydrogens is 338 g/mol. The van der Waals surface area contributed by atoms with Gasteiger partial charge in [0.2, 0.25) is 0 Å². The molecule has 26 heavy (non-hydrogen) atoms. The van der Waals surface area contributed by atoms with Gasteiger partial charge in [-0.25, -0.2) is 9.59 Å². The van der Waals surface area contributed by atoms with Crippen LogP contribution in [0, 0.1) is 0 Å². The van der Waals surface area contributed by atoms with Crippen molar-refractivity contribution >= 4 is 12.2 Å². The van der Waals surface area contributed by atoms with E-state index in [0.717, 1.165) is 11.1 Å². The van der Waals surface area contributed by atoms with Crippen molar-refractivity contribution < 1.29 is 28.9 Å². The summed E-state index contributed by atoms with van der Waals surface area (Å²) in [4.78, 5) is 23.0. The highest BCUT2D eigenvalue weighted by Gasteiger charge is 2.12. The summed E-state index contributed by atoms with van der Waals surface area (Å²) in [6.45, 7) is -0.197. The van der Waals surface area contributed by atoms with Crippen molar-refractivity contribution in [3.8, 4) is 0 Å². The van der Waals surface area contributed by atoms with Crippen LogP contribution in [0.3, 0.4) is 0 Å². The Balaban J connectivity index is 1.55. The maximum absolute atomic E-state index is 11.5. The molecule has 7 heteroatoms. The van der Waals surface area contributed by atoms with Crippen molar-refractivity contribution in [3.63, 3.8) is 0 Å². The maximum Gasteiger partial charge on any atom is 0.508 e. The van der Waals surface area contributed by atoms with Crippen LogP contribution in [0.1, 0.15) is 11.1 Å². The third-order valence-corrected chi connectivity index (χ3v) is 3.29. The van der Waals surface area contributed by atoms with E-state index in [4.69, 9.17) is 14.2 Å². The van der Waals surface area contributed by atoms with E-state index < -0.39 is 18.4 Å². The largest absolute Gasteiger partial charge is 0.508 e. The van der Waals surface area contributed by atoms with Crippen molar-refractivity contribution in [1.82, 2.24) is 5.32 Å². The molecule has 2 aromatic rings. The number of hydrogen-bond donors (Lipinski definition) is 2. The summed E-state index contributed by atoms with van der Waals surface area (Å²) >= 11 is 0. The van der Waals surface area contributed by atoms with Gasteiger partial charge in [-0.3, -0.25) is 0 Å². The summed E-state index contributed by atoms with van der Waals surface area (Å²) in [6.07, 6.45) is -2.62. The third kappa shape index (κ3) is 7.67. The van der Waals surface area contributed by atoms with E-state index in [9.17, 15) is 14.7 Å². The van der Waals surface area contributed by atoms with Gasteiger partial charge in [0.05, 0.1) is 6.54 Å². The number of alkyl carbamates (subject to hydrolysis) is 1. The van der Waals surface area contributed by atoms with Gasteiger partial charge in [0.25, 0.3) is 0 Å². The van der Waals surface area contributed by atoms with Gasteiger partial charge in [0.1, 0.15) is 25.9 Å². The predicted molar refractivity (Wildman–Crippen MR) is 93.2 cm³/mol. The molecule has 0 saturated carbocycles. The Morgan fingerprint density at radius 3 is 1.96 bits per heavy atom. The van der Waals surface area contributed by atoms with Crippen LogP contribution >= 0.6 is 0 Å². The van der Waals surface area contributed by atoms with Gasteiger partial charge in [0.15, 0.2) is 0 Å². The lowest BCUT2D eigenvalue weighted by Crippen LogP contribution is -2.35. The molecule has 0 aliphatic rings. The van der Waals surface area contributed by atoms with E-state index in [0.29, 0.717) is 0 Å². The van der Waals surface area contributed by atoms with Crippen LogP contribution in [-0.4, -0.2) is 36.6 Å². The van der Waals surface area contributed by atoms with Gasteiger partial charge in [-0.05, 0) is 11.1 Å². The Hall–Kier alpha value is -3.06. The van der Waals surface area contributed by atoms with E-state index >= 15 is 0 Å². The number of aliphatic hydroxyl groups excluding tert-OH is 1. The summed E-state index contributed by atoms with van der Waals surface area (Å²) in [5.74, 6) is 0. The number of carbonyl (C=O) groups excluding carboxylic acids is 2. The monoisotopic (exact) mass is 359 g/mol. The van der Waals surface area contributed by atoms with E-state index in [1.165, 1.54) is 0 Å². The number of rotatable bonds is 8. The summed E-state index contributed by atoms with van der Waals surface area (Å²) in [6, 6.07) is 18.4. The van der Waals surface area contributed by atoms with E-state index in [1.807, 2.05) is 60.7 Å². The standard InChI is InChI=1S/C19H21NO6/c21-17(11-20-18(22)24-12-15-7-3-1-4-8-15)14-26-19(23)25-13-16-9-5-2-6-10-16/h1-10,17,21H,11-14H2,(H,20,22). The van der Waals surface area contributed by atoms with E-state index in [1.54, 1.807) is 0 Å². The summed E-state index contributed by atoms with van der Waals surface area (Å²) < 4.78 is 14.7. The zero-order chi connectivity index (χ0) is 18.6.